The summed E-state index contributed by atoms with van der Waals surface area (Å²) >= 11 is 1.68. The number of carbonyl (C=O) groups is 1. The predicted molar refractivity (Wildman–Crippen MR) is 142 cm³/mol. The van der Waals surface area contributed by atoms with Crippen LogP contribution in [0.15, 0.2) is 118 Å². The van der Waals surface area contributed by atoms with Gasteiger partial charge < -0.3 is 10.2 Å². The monoisotopic (exact) mass is 479 g/mol. The maximum absolute atomic E-state index is 13.5. The van der Waals surface area contributed by atoms with Crippen molar-refractivity contribution in [2.24, 2.45) is 5.10 Å². The molecule has 0 radical (unpaired) electrons. The lowest BCUT2D eigenvalue weighted by atomic mass is 10.0. The Hall–Kier alpha value is -4.03. The minimum Gasteiger partial charge on any atom is -0.497 e. The molecule has 5 nitrogen and oxygen atoms in total. The van der Waals surface area contributed by atoms with Crippen LogP contribution in [0.25, 0.3) is 0 Å². The van der Waals surface area contributed by atoms with Crippen LogP contribution in [0, 0.1) is 0 Å². The average molecular weight is 480 g/mol. The van der Waals surface area contributed by atoms with Crippen LogP contribution in [0.3, 0.4) is 0 Å². The van der Waals surface area contributed by atoms with Gasteiger partial charge in [0.05, 0.1) is 24.2 Å². The average Bonchev–Trinajstić information content (AvgIpc) is 2.91. The molecular formula is C29H25N3O2S. The van der Waals surface area contributed by atoms with Crippen LogP contribution in [0.4, 0.5) is 11.4 Å². The van der Waals surface area contributed by atoms with Crippen molar-refractivity contribution in [3.05, 3.63) is 114 Å². The van der Waals surface area contributed by atoms with Crippen molar-refractivity contribution in [3.63, 3.8) is 0 Å². The van der Waals surface area contributed by atoms with E-state index in [1.165, 1.54) is 0 Å². The number of hydrogen-bond acceptors (Lipinski definition) is 5. The van der Waals surface area contributed by atoms with Crippen LogP contribution in [0.2, 0.25) is 0 Å². The first-order valence-corrected chi connectivity index (χ1v) is 12.2. The fourth-order valence-electron chi connectivity index (χ4n) is 4.03. The van der Waals surface area contributed by atoms with E-state index < -0.39 is 0 Å². The van der Waals surface area contributed by atoms with E-state index in [1.807, 2.05) is 91.0 Å². The number of anilines is 2. The number of benzene rings is 4. The van der Waals surface area contributed by atoms with Gasteiger partial charge in [-0.2, -0.15) is 5.10 Å². The Morgan fingerprint density at radius 1 is 0.829 bits per heavy atom. The largest absolute Gasteiger partial charge is 0.497 e. The topological polar surface area (TPSA) is 53.9 Å². The molecular weight excluding hydrogens is 454 g/mol. The van der Waals surface area contributed by atoms with Gasteiger partial charge in [-0.3, -0.25) is 9.69 Å². The highest BCUT2D eigenvalue weighted by molar-refractivity contribution is 7.99. The van der Waals surface area contributed by atoms with E-state index in [-0.39, 0.29) is 12.5 Å². The molecule has 1 aliphatic rings. The molecule has 0 saturated carbocycles. The molecule has 0 saturated heterocycles. The van der Waals surface area contributed by atoms with Gasteiger partial charge in [-0.25, -0.2) is 0 Å². The second-order valence-corrected chi connectivity index (χ2v) is 9.13. The molecule has 1 N–H and O–H groups in total. The number of amides is 1. The van der Waals surface area contributed by atoms with Gasteiger partial charge >= 0.3 is 0 Å². The summed E-state index contributed by atoms with van der Waals surface area (Å²) in [5, 5.41) is 4.66. The molecule has 0 unspecified atom stereocenters. The number of nitrogens with one attached hydrogen (secondary N) is 1. The Morgan fingerprint density at radius 3 is 2.06 bits per heavy atom. The van der Waals surface area contributed by atoms with Crippen molar-refractivity contribution in [2.45, 2.75) is 16.2 Å². The molecule has 0 fully saturated rings. The van der Waals surface area contributed by atoms with Crippen molar-refractivity contribution < 1.29 is 9.53 Å². The minimum absolute atomic E-state index is 0.0669. The quantitative estimate of drug-likeness (QED) is 0.259. The molecule has 4 aromatic rings. The standard InChI is InChI=1S/C29H25N3O2S/c1-34-23-17-15-22(16-18-23)24(19-21-9-3-2-4-10-21)31-30-20-29(33)32-25-11-5-7-13-27(25)35-28-14-8-6-12-26(28)32/h2-18,30H,19-20H2,1H3/b31-24-. The number of hydrazone groups is 1. The normalized spacial score (nSPS) is 12.5. The first kappa shape index (κ1) is 22.7. The summed E-state index contributed by atoms with van der Waals surface area (Å²) in [6.07, 6.45) is 0.639. The number of fused-ring (bicyclic) bond motifs is 2. The Bertz CT molecular complexity index is 1310. The molecule has 0 aliphatic carbocycles. The van der Waals surface area contributed by atoms with Crippen LogP contribution < -0.4 is 15.1 Å². The van der Waals surface area contributed by atoms with E-state index >= 15 is 0 Å². The smallest absolute Gasteiger partial charge is 0.252 e. The Kier molecular flexibility index (Phi) is 6.82. The van der Waals surface area contributed by atoms with Crippen LogP contribution in [-0.4, -0.2) is 25.3 Å². The van der Waals surface area contributed by atoms with Crippen molar-refractivity contribution >= 4 is 34.8 Å². The molecule has 1 heterocycles. The second-order valence-electron chi connectivity index (χ2n) is 8.05. The van der Waals surface area contributed by atoms with Crippen molar-refractivity contribution in [1.82, 2.24) is 5.43 Å². The number of ether oxygens (including phenoxy) is 1. The summed E-state index contributed by atoms with van der Waals surface area (Å²) in [6, 6.07) is 33.9. The van der Waals surface area contributed by atoms with E-state index in [1.54, 1.807) is 23.8 Å². The van der Waals surface area contributed by atoms with Gasteiger partial charge in [-0.05, 0) is 59.7 Å². The molecule has 1 amide bonds. The Labute approximate surface area is 209 Å². The Morgan fingerprint density at radius 2 is 1.43 bits per heavy atom. The van der Waals surface area contributed by atoms with E-state index in [0.717, 1.165) is 43.8 Å². The van der Waals surface area contributed by atoms with Gasteiger partial charge in [0, 0.05) is 16.2 Å². The summed E-state index contributed by atoms with van der Waals surface area (Å²) < 4.78 is 5.30. The lowest BCUT2D eigenvalue weighted by Gasteiger charge is -2.31. The third-order valence-electron chi connectivity index (χ3n) is 5.76. The minimum atomic E-state index is -0.0669. The van der Waals surface area contributed by atoms with Gasteiger partial charge in [-0.15, -0.1) is 0 Å². The summed E-state index contributed by atoms with van der Waals surface area (Å²) in [4.78, 5) is 17.4. The maximum Gasteiger partial charge on any atom is 0.252 e. The highest BCUT2D eigenvalue weighted by Gasteiger charge is 2.27. The third kappa shape index (κ3) is 5.08. The molecule has 4 aromatic carbocycles. The lowest BCUT2D eigenvalue weighted by Crippen LogP contribution is -2.35. The number of methoxy groups -OCH3 is 1. The number of rotatable bonds is 7. The van der Waals surface area contributed by atoms with E-state index in [9.17, 15) is 4.79 Å². The van der Waals surface area contributed by atoms with Gasteiger partial charge in [0.2, 0.25) is 0 Å². The SMILES string of the molecule is COc1ccc(/C(Cc2ccccc2)=N\NCC(=O)N2c3ccccc3Sc3ccccc32)cc1. The zero-order valence-electron chi connectivity index (χ0n) is 19.3. The molecule has 0 aromatic heterocycles. The molecule has 5 rings (SSSR count). The third-order valence-corrected chi connectivity index (χ3v) is 6.89. The predicted octanol–water partition coefficient (Wildman–Crippen LogP) is 6.06. The molecule has 1 aliphatic heterocycles. The zero-order chi connectivity index (χ0) is 24.0. The van der Waals surface area contributed by atoms with Gasteiger partial charge in [-0.1, -0.05) is 66.4 Å². The molecule has 0 bridgehead atoms. The maximum atomic E-state index is 13.5. The van der Waals surface area contributed by atoms with Gasteiger partial charge in [0.15, 0.2) is 0 Å². The number of carbonyl (C=O) groups excluding carboxylic acids is 1. The van der Waals surface area contributed by atoms with Crippen LogP contribution >= 0.6 is 11.8 Å². The molecule has 35 heavy (non-hydrogen) atoms. The highest BCUT2D eigenvalue weighted by atomic mass is 32.2. The van der Waals surface area contributed by atoms with E-state index in [4.69, 9.17) is 4.74 Å². The molecule has 0 atom stereocenters. The number of hydrogen-bond donors (Lipinski definition) is 1. The summed E-state index contributed by atoms with van der Waals surface area (Å²) in [5.74, 6) is 0.721. The first-order chi connectivity index (χ1) is 17.2. The summed E-state index contributed by atoms with van der Waals surface area (Å²) in [5.41, 5.74) is 7.81. The molecule has 174 valence electrons. The van der Waals surface area contributed by atoms with Crippen LogP contribution in [0.1, 0.15) is 11.1 Å². The molecule has 6 heteroatoms. The number of para-hydroxylation sites is 2. The highest BCUT2D eigenvalue weighted by Crippen LogP contribution is 2.47. The lowest BCUT2D eigenvalue weighted by molar-refractivity contribution is -0.117. The summed E-state index contributed by atoms with van der Waals surface area (Å²) in [7, 11) is 1.65. The first-order valence-electron chi connectivity index (χ1n) is 11.4. The second kappa shape index (κ2) is 10.5. The van der Waals surface area contributed by atoms with Crippen molar-refractivity contribution in [1.29, 1.82) is 0 Å². The zero-order valence-corrected chi connectivity index (χ0v) is 20.2. The van der Waals surface area contributed by atoms with Crippen LogP contribution in [-0.2, 0) is 11.2 Å². The van der Waals surface area contributed by atoms with Crippen LogP contribution in [0.5, 0.6) is 5.75 Å². The van der Waals surface area contributed by atoms with E-state index in [0.29, 0.717) is 6.42 Å². The van der Waals surface area contributed by atoms with Crippen molar-refractivity contribution in [2.75, 3.05) is 18.6 Å². The van der Waals surface area contributed by atoms with Gasteiger partial charge in [0.1, 0.15) is 12.3 Å². The molecule has 0 spiro atoms. The van der Waals surface area contributed by atoms with Gasteiger partial charge in [0.25, 0.3) is 5.91 Å². The van der Waals surface area contributed by atoms with Crippen molar-refractivity contribution in [3.8, 4) is 5.75 Å². The Balaban J connectivity index is 1.39. The fraction of sp³-hybridized carbons (Fsp3) is 0.103. The summed E-state index contributed by atoms with van der Waals surface area (Å²) in [6.45, 7) is 0.0712. The fourth-order valence-corrected chi connectivity index (χ4v) is 5.09. The number of nitrogens with zero attached hydrogens (tertiary/aromatic N) is 2. The van der Waals surface area contributed by atoms with E-state index in [2.05, 4.69) is 22.7 Å².